The van der Waals surface area contributed by atoms with Gasteiger partial charge in [-0.15, -0.1) is 0 Å². The summed E-state index contributed by atoms with van der Waals surface area (Å²) in [6.45, 7) is 2.69. The van der Waals surface area contributed by atoms with Crippen LogP contribution in [-0.4, -0.2) is 52.2 Å². The van der Waals surface area contributed by atoms with Gasteiger partial charge in [-0.2, -0.15) is 11.8 Å². The predicted octanol–water partition coefficient (Wildman–Crippen LogP) is 1.19. The lowest BCUT2D eigenvalue weighted by Gasteiger charge is -2.36. The summed E-state index contributed by atoms with van der Waals surface area (Å²) in [6.07, 6.45) is 1.58. The Balaban J connectivity index is 2.29. The number of carboxylic acid groups (broad SMARTS) is 1. The first-order chi connectivity index (χ1) is 9.13. The molecule has 0 aliphatic carbocycles. The Morgan fingerprint density at radius 3 is 3.11 bits per heavy atom. The number of thioether (sulfide) groups is 1. The fourth-order valence-corrected chi connectivity index (χ4v) is 3.29. The van der Waals surface area contributed by atoms with Crippen LogP contribution in [0.25, 0.3) is 0 Å². The Kier molecular flexibility index (Phi) is 4.47. The van der Waals surface area contributed by atoms with E-state index in [2.05, 4.69) is 14.9 Å². The third kappa shape index (κ3) is 3.09. The lowest BCUT2D eigenvalue weighted by atomic mass is 10.1. The first-order valence-electron chi connectivity index (χ1n) is 6.05. The van der Waals surface area contributed by atoms with E-state index in [1.54, 1.807) is 18.9 Å². The summed E-state index contributed by atoms with van der Waals surface area (Å²) in [6, 6.07) is -0.0328. The van der Waals surface area contributed by atoms with Gasteiger partial charge in [0.05, 0.1) is 19.1 Å². The third-order valence-corrected chi connectivity index (χ3v) is 4.21. The molecular weight excluding hydrogens is 266 g/mol. The second-order valence-electron chi connectivity index (χ2n) is 4.35. The van der Waals surface area contributed by atoms with Gasteiger partial charge < -0.3 is 14.7 Å². The SMILES string of the molecule is COc1ncnc(N2CCSCC2CC(=O)O)c1C. The van der Waals surface area contributed by atoms with Crippen LogP contribution in [0.5, 0.6) is 5.88 Å². The summed E-state index contributed by atoms with van der Waals surface area (Å²) < 4.78 is 5.19. The molecule has 0 spiro atoms. The van der Waals surface area contributed by atoms with Crippen molar-refractivity contribution in [1.29, 1.82) is 0 Å². The van der Waals surface area contributed by atoms with Gasteiger partial charge in [0.25, 0.3) is 0 Å². The van der Waals surface area contributed by atoms with E-state index >= 15 is 0 Å². The van der Waals surface area contributed by atoms with E-state index in [0.717, 1.165) is 29.4 Å². The molecule has 0 aromatic carbocycles. The van der Waals surface area contributed by atoms with Gasteiger partial charge in [0, 0.05) is 24.1 Å². The van der Waals surface area contributed by atoms with Crippen molar-refractivity contribution in [2.75, 3.05) is 30.1 Å². The molecular formula is C12H17N3O3S. The van der Waals surface area contributed by atoms with Crippen molar-refractivity contribution in [2.24, 2.45) is 0 Å². The first kappa shape index (κ1) is 13.9. The second kappa shape index (κ2) is 6.10. The monoisotopic (exact) mass is 283 g/mol. The van der Waals surface area contributed by atoms with Gasteiger partial charge in [-0.25, -0.2) is 9.97 Å². The molecule has 104 valence electrons. The van der Waals surface area contributed by atoms with E-state index in [4.69, 9.17) is 9.84 Å². The van der Waals surface area contributed by atoms with Crippen LogP contribution in [0.2, 0.25) is 0 Å². The summed E-state index contributed by atoms with van der Waals surface area (Å²) in [7, 11) is 1.57. The van der Waals surface area contributed by atoms with Crippen LogP contribution in [0.3, 0.4) is 0 Å². The highest BCUT2D eigenvalue weighted by Gasteiger charge is 2.28. The van der Waals surface area contributed by atoms with E-state index in [9.17, 15) is 4.79 Å². The Labute approximate surface area is 116 Å². The Morgan fingerprint density at radius 1 is 1.63 bits per heavy atom. The summed E-state index contributed by atoms with van der Waals surface area (Å²) >= 11 is 1.78. The number of anilines is 1. The highest BCUT2D eigenvalue weighted by molar-refractivity contribution is 7.99. The quantitative estimate of drug-likeness (QED) is 0.889. The molecule has 1 atom stereocenters. The number of ether oxygens (including phenoxy) is 1. The molecule has 2 rings (SSSR count). The Bertz CT molecular complexity index is 470. The van der Waals surface area contributed by atoms with E-state index in [0.29, 0.717) is 5.88 Å². The van der Waals surface area contributed by atoms with Gasteiger partial charge in [0.2, 0.25) is 5.88 Å². The molecule has 0 radical (unpaired) electrons. The van der Waals surface area contributed by atoms with Gasteiger partial charge in [0.15, 0.2) is 0 Å². The second-order valence-corrected chi connectivity index (χ2v) is 5.50. The van der Waals surface area contributed by atoms with Gasteiger partial charge >= 0.3 is 5.97 Å². The molecule has 1 aliphatic rings. The maximum absolute atomic E-state index is 11.0. The molecule has 1 aliphatic heterocycles. The number of aromatic nitrogens is 2. The zero-order valence-corrected chi connectivity index (χ0v) is 11.8. The van der Waals surface area contributed by atoms with Gasteiger partial charge in [-0.1, -0.05) is 0 Å². The fourth-order valence-electron chi connectivity index (χ4n) is 2.22. The molecule has 2 heterocycles. The number of hydrogen-bond donors (Lipinski definition) is 1. The first-order valence-corrected chi connectivity index (χ1v) is 7.20. The van der Waals surface area contributed by atoms with Gasteiger partial charge in [-0.05, 0) is 6.92 Å². The molecule has 7 heteroatoms. The van der Waals surface area contributed by atoms with Crippen molar-refractivity contribution < 1.29 is 14.6 Å². The number of methoxy groups -OCH3 is 1. The smallest absolute Gasteiger partial charge is 0.305 e. The Hall–Kier alpha value is -1.50. The summed E-state index contributed by atoms with van der Waals surface area (Å²) in [4.78, 5) is 21.4. The average Bonchev–Trinajstić information content (AvgIpc) is 2.39. The number of nitrogens with zero attached hydrogens (tertiary/aromatic N) is 3. The molecule has 1 aromatic rings. The van der Waals surface area contributed by atoms with Crippen LogP contribution in [0.1, 0.15) is 12.0 Å². The number of carbonyl (C=O) groups is 1. The summed E-state index contributed by atoms with van der Waals surface area (Å²) in [5.41, 5.74) is 0.854. The number of carboxylic acids is 1. The third-order valence-electron chi connectivity index (χ3n) is 3.11. The van der Waals surface area contributed by atoms with E-state index < -0.39 is 5.97 Å². The van der Waals surface area contributed by atoms with Crippen LogP contribution in [0.15, 0.2) is 6.33 Å². The van der Waals surface area contributed by atoms with Crippen molar-refractivity contribution >= 4 is 23.5 Å². The normalized spacial score (nSPS) is 19.3. The molecule has 1 aromatic heterocycles. The van der Waals surface area contributed by atoms with Crippen molar-refractivity contribution in [3.63, 3.8) is 0 Å². The van der Waals surface area contributed by atoms with Crippen LogP contribution < -0.4 is 9.64 Å². The topological polar surface area (TPSA) is 75.6 Å². The molecule has 0 amide bonds. The zero-order valence-electron chi connectivity index (χ0n) is 11.0. The number of rotatable bonds is 4. The maximum Gasteiger partial charge on any atom is 0.305 e. The highest BCUT2D eigenvalue weighted by atomic mass is 32.2. The van der Waals surface area contributed by atoms with Crippen LogP contribution in [0.4, 0.5) is 5.82 Å². The van der Waals surface area contributed by atoms with Crippen LogP contribution in [-0.2, 0) is 4.79 Å². The summed E-state index contributed by atoms with van der Waals surface area (Å²) in [5, 5.41) is 9.01. The standard InChI is InChI=1S/C12H17N3O3S/c1-8-11(13-7-14-12(8)18-2)15-3-4-19-6-9(15)5-10(16)17/h7,9H,3-6H2,1-2H3,(H,16,17). The zero-order chi connectivity index (χ0) is 13.8. The number of aliphatic carboxylic acids is 1. The van der Waals surface area contributed by atoms with Crippen molar-refractivity contribution in [3.05, 3.63) is 11.9 Å². The molecule has 1 unspecified atom stereocenters. The highest BCUT2D eigenvalue weighted by Crippen LogP contribution is 2.29. The molecule has 0 saturated carbocycles. The lowest BCUT2D eigenvalue weighted by Crippen LogP contribution is -2.44. The largest absolute Gasteiger partial charge is 0.481 e. The van der Waals surface area contributed by atoms with Gasteiger partial charge in [0.1, 0.15) is 12.1 Å². The molecule has 0 bridgehead atoms. The minimum Gasteiger partial charge on any atom is -0.481 e. The van der Waals surface area contributed by atoms with Crippen molar-refractivity contribution in [2.45, 2.75) is 19.4 Å². The fraction of sp³-hybridized carbons (Fsp3) is 0.583. The molecule has 19 heavy (non-hydrogen) atoms. The van der Waals surface area contributed by atoms with Crippen LogP contribution in [0, 0.1) is 6.92 Å². The van der Waals surface area contributed by atoms with Crippen molar-refractivity contribution in [1.82, 2.24) is 9.97 Å². The minimum absolute atomic E-state index is 0.0328. The summed E-state index contributed by atoms with van der Waals surface area (Å²) in [5.74, 6) is 2.31. The van der Waals surface area contributed by atoms with Gasteiger partial charge in [-0.3, -0.25) is 4.79 Å². The van der Waals surface area contributed by atoms with Crippen LogP contribution >= 0.6 is 11.8 Å². The molecule has 1 fully saturated rings. The maximum atomic E-state index is 11.0. The van der Waals surface area contributed by atoms with E-state index in [-0.39, 0.29) is 12.5 Å². The molecule has 6 nitrogen and oxygen atoms in total. The van der Waals surface area contributed by atoms with Crippen molar-refractivity contribution in [3.8, 4) is 5.88 Å². The predicted molar refractivity (Wildman–Crippen MR) is 74.0 cm³/mol. The lowest BCUT2D eigenvalue weighted by molar-refractivity contribution is -0.137. The number of hydrogen-bond acceptors (Lipinski definition) is 6. The molecule has 1 saturated heterocycles. The Morgan fingerprint density at radius 2 is 2.42 bits per heavy atom. The van der Waals surface area contributed by atoms with E-state index in [1.165, 1.54) is 6.33 Å². The average molecular weight is 283 g/mol. The van der Waals surface area contributed by atoms with E-state index in [1.807, 2.05) is 6.92 Å². The molecule has 1 N–H and O–H groups in total. The minimum atomic E-state index is -0.781.